The first-order valence-corrected chi connectivity index (χ1v) is 6.52. The second-order valence-electron chi connectivity index (χ2n) is 5.55. The van der Waals surface area contributed by atoms with E-state index in [1.807, 2.05) is 13.8 Å². The molecule has 0 saturated carbocycles. The molecule has 1 saturated heterocycles. The highest BCUT2D eigenvalue weighted by atomic mass is 16.3. The summed E-state index contributed by atoms with van der Waals surface area (Å²) in [5.74, 6) is 0. The number of hydrogen-bond acceptors (Lipinski definition) is 4. The molecule has 0 radical (unpaired) electrons. The third kappa shape index (κ3) is 5.03. The molecule has 0 aromatic carbocycles. The van der Waals surface area contributed by atoms with Gasteiger partial charge in [0.25, 0.3) is 0 Å². The van der Waals surface area contributed by atoms with Gasteiger partial charge in [0, 0.05) is 38.8 Å². The van der Waals surface area contributed by atoms with Crippen LogP contribution in [0, 0.1) is 11.3 Å². The van der Waals surface area contributed by atoms with E-state index in [0.717, 1.165) is 39.1 Å². The van der Waals surface area contributed by atoms with E-state index in [1.165, 1.54) is 0 Å². The predicted octanol–water partition coefficient (Wildman–Crippen LogP) is 1.07. The maximum atomic E-state index is 9.78. The Hall–Kier alpha value is -0.630. The smallest absolute Gasteiger partial charge is 0.0718 e. The summed E-state index contributed by atoms with van der Waals surface area (Å²) in [6, 6.07) is 2.68. The van der Waals surface area contributed by atoms with Gasteiger partial charge in [-0.2, -0.15) is 5.26 Å². The molecule has 1 rings (SSSR count). The number of nitriles is 1. The lowest BCUT2D eigenvalue weighted by atomic mass is 10.1. The van der Waals surface area contributed by atoms with E-state index in [9.17, 15) is 5.11 Å². The second-order valence-corrected chi connectivity index (χ2v) is 5.55. The van der Waals surface area contributed by atoms with Gasteiger partial charge in [-0.25, -0.2) is 0 Å². The zero-order valence-electron chi connectivity index (χ0n) is 11.3. The molecule has 1 heterocycles. The van der Waals surface area contributed by atoms with Crippen LogP contribution in [-0.4, -0.2) is 59.3 Å². The summed E-state index contributed by atoms with van der Waals surface area (Å²) in [6.07, 6.45) is 1.67. The van der Waals surface area contributed by atoms with Crippen molar-refractivity contribution in [2.24, 2.45) is 0 Å². The van der Waals surface area contributed by atoms with Crippen molar-refractivity contribution in [3.05, 3.63) is 0 Å². The maximum absolute atomic E-state index is 9.78. The molecule has 1 aliphatic heterocycles. The van der Waals surface area contributed by atoms with Crippen LogP contribution in [0.5, 0.6) is 0 Å². The Morgan fingerprint density at radius 2 is 1.88 bits per heavy atom. The molecular weight excluding hydrogens is 214 g/mol. The van der Waals surface area contributed by atoms with Gasteiger partial charge in [0.15, 0.2) is 0 Å². The highest BCUT2D eigenvalue weighted by Gasteiger charge is 2.25. The van der Waals surface area contributed by atoms with Crippen LogP contribution in [0.25, 0.3) is 0 Å². The lowest BCUT2D eigenvalue weighted by molar-refractivity contribution is 0.0109. The van der Waals surface area contributed by atoms with Crippen molar-refractivity contribution in [2.75, 3.05) is 32.7 Å². The summed E-state index contributed by atoms with van der Waals surface area (Å²) in [5.41, 5.74) is -0.612. The lowest BCUT2D eigenvalue weighted by Gasteiger charge is -2.40. The first kappa shape index (κ1) is 14.4. The zero-order valence-corrected chi connectivity index (χ0v) is 11.3. The minimum absolute atomic E-state index is 0.407. The normalized spacial score (nSPS) is 21.1. The van der Waals surface area contributed by atoms with Crippen molar-refractivity contribution in [3.63, 3.8) is 0 Å². The average molecular weight is 239 g/mol. The molecule has 0 aromatic heterocycles. The fourth-order valence-electron chi connectivity index (χ4n) is 2.47. The van der Waals surface area contributed by atoms with Crippen LogP contribution in [0.15, 0.2) is 0 Å². The third-order valence-corrected chi connectivity index (χ3v) is 3.33. The molecule has 0 aliphatic carbocycles. The Balaban J connectivity index is 2.37. The first-order valence-electron chi connectivity index (χ1n) is 6.52. The Morgan fingerprint density at radius 3 is 2.29 bits per heavy atom. The summed E-state index contributed by atoms with van der Waals surface area (Å²) in [4.78, 5) is 4.71. The molecule has 0 aromatic rings. The number of piperazine rings is 1. The maximum Gasteiger partial charge on any atom is 0.0718 e. The molecule has 0 spiro atoms. The van der Waals surface area contributed by atoms with E-state index in [4.69, 9.17) is 5.26 Å². The van der Waals surface area contributed by atoms with Gasteiger partial charge in [-0.1, -0.05) is 6.92 Å². The van der Waals surface area contributed by atoms with E-state index >= 15 is 0 Å². The van der Waals surface area contributed by atoms with Crippen molar-refractivity contribution in [3.8, 4) is 6.07 Å². The third-order valence-electron chi connectivity index (χ3n) is 3.33. The predicted molar refractivity (Wildman–Crippen MR) is 68.6 cm³/mol. The Labute approximate surface area is 105 Å². The monoisotopic (exact) mass is 239 g/mol. The largest absolute Gasteiger partial charge is 0.389 e. The summed E-state index contributed by atoms with van der Waals surface area (Å²) in [5, 5.41) is 18.6. The molecule has 1 aliphatic rings. The number of β-amino-alcohol motifs (C(OH)–C–C–N with tert-alkyl or cyclic N) is 1. The Kier molecular flexibility index (Phi) is 5.38. The zero-order chi connectivity index (χ0) is 12.9. The van der Waals surface area contributed by atoms with Crippen LogP contribution >= 0.6 is 0 Å². The number of nitrogens with zero attached hydrogens (tertiary/aromatic N) is 3. The molecule has 4 nitrogen and oxygen atoms in total. The summed E-state index contributed by atoms with van der Waals surface area (Å²) < 4.78 is 0. The van der Waals surface area contributed by atoms with E-state index in [0.29, 0.717) is 12.5 Å². The Morgan fingerprint density at radius 1 is 1.29 bits per heavy atom. The Bertz CT molecular complexity index is 259. The molecule has 1 atom stereocenters. The van der Waals surface area contributed by atoms with Crippen LogP contribution in [-0.2, 0) is 0 Å². The van der Waals surface area contributed by atoms with Crippen LogP contribution in [0.2, 0.25) is 0 Å². The highest BCUT2D eigenvalue weighted by molar-refractivity contribution is 4.86. The number of rotatable bonds is 5. The van der Waals surface area contributed by atoms with E-state index < -0.39 is 5.60 Å². The van der Waals surface area contributed by atoms with Gasteiger partial charge in [-0.3, -0.25) is 9.80 Å². The van der Waals surface area contributed by atoms with Crippen LogP contribution < -0.4 is 0 Å². The highest BCUT2D eigenvalue weighted by Crippen LogP contribution is 2.14. The van der Waals surface area contributed by atoms with Gasteiger partial charge < -0.3 is 5.11 Å². The minimum Gasteiger partial charge on any atom is -0.389 e. The molecule has 1 unspecified atom stereocenters. The van der Waals surface area contributed by atoms with Gasteiger partial charge in [0.1, 0.15) is 0 Å². The van der Waals surface area contributed by atoms with Crippen LogP contribution in [0.1, 0.15) is 33.6 Å². The topological polar surface area (TPSA) is 50.5 Å². The molecule has 17 heavy (non-hydrogen) atoms. The SMILES string of the molecule is CCC(CC#N)N1CCN(CC(C)(C)O)CC1. The first-order chi connectivity index (χ1) is 7.96. The van der Waals surface area contributed by atoms with Gasteiger partial charge in [-0.15, -0.1) is 0 Å². The summed E-state index contributed by atoms with van der Waals surface area (Å²) in [7, 11) is 0. The van der Waals surface area contributed by atoms with Gasteiger partial charge in [-0.05, 0) is 20.3 Å². The molecule has 0 bridgehead atoms. The van der Waals surface area contributed by atoms with Crippen molar-refractivity contribution >= 4 is 0 Å². The summed E-state index contributed by atoms with van der Waals surface area (Å²) in [6.45, 7) is 10.6. The molecule has 1 N–H and O–H groups in total. The standard InChI is InChI=1S/C13H25N3O/c1-4-12(5-6-14)16-9-7-15(8-10-16)11-13(2,3)17/h12,17H,4-5,7-11H2,1-3H3. The van der Waals surface area contributed by atoms with E-state index in [2.05, 4.69) is 22.8 Å². The molecule has 4 heteroatoms. The van der Waals surface area contributed by atoms with Gasteiger partial charge in [0.2, 0.25) is 0 Å². The number of aliphatic hydroxyl groups is 1. The second kappa shape index (κ2) is 6.34. The van der Waals surface area contributed by atoms with Gasteiger partial charge >= 0.3 is 0 Å². The fraction of sp³-hybridized carbons (Fsp3) is 0.923. The average Bonchev–Trinajstić information content (AvgIpc) is 2.25. The summed E-state index contributed by atoms with van der Waals surface area (Å²) >= 11 is 0. The van der Waals surface area contributed by atoms with Crippen molar-refractivity contribution in [2.45, 2.75) is 45.3 Å². The number of hydrogen-bond donors (Lipinski definition) is 1. The molecular formula is C13H25N3O. The van der Waals surface area contributed by atoms with Crippen LogP contribution in [0.3, 0.4) is 0 Å². The lowest BCUT2D eigenvalue weighted by Crippen LogP contribution is -2.52. The van der Waals surface area contributed by atoms with Gasteiger partial charge in [0.05, 0.1) is 18.1 Å². The van der Waals surface area contributed by atoms with Crippen molar-refractivity contribution < 1.29 is 5.11 Å². The molecule has 98 valence electrons. The molecule has 0 amide bonds. The van der Waals surface area contributed by atoms with E-state index in [-0.39, 0.29) is 0 Å². The fourth-order valence-corrected chi connectivity index (χ4v) is 2.47. The van der Waals surface area contributed by atoms with E-state index in [1.54, 1.807) is 0 Å². The van der Waals surface area contributed by atoms with Crippen LogP contribution in [0.4, 0.5) is 0 Å². The van der Waals surface area contributed by atoms with Crippen molar-refractivity contribution in [1.82, 2.24) is 9.80 Å². The van der Waals surface area contributed by atoms with Crippen molar-refractivity contribution in [1.29, 1.82) is 5.26 Å². The minimum atomic E-state index is -0.612. The molecule has 1 fully saturated rings. The quantitative estimate of drug-likeness (QED) is 0.779.